The number of methoxy groups -OCH3 is 1. The monoisotopic (exact) mass is 200 g/mol. The molecule has 0 amide bonds. The molecular weight excluding hydrogens is 184 g/mol. The number of aliphatic carboxylic acids is 1. The summed E-state index contributed by atoms with van der Waals surface area (Å²) < 4.78 is 4.36. The molecule has 0 fully saturated rings. The van der Waals surface area contributed by atoms with Crippen molar-refractivity contribution in [3.05, 3.63) is 11.6 Å². The van der Waals surface area contributed by atoms with Crippen LogP contribution in [-0.4, -0.2) is 24.2 Å². The Balaban J connectivity index is 4.22. The van der Waals surface area contributed by atoms with E-state index in [0.717, 1.165) is 25.3 Å². The maximum Gasteiger partial charge on any atom is 0.331 e. The number of esters is 1. The SMILES string of the molecule is CCCCC/C(=C/C(=O)OC)C(=O)O. The molecule has 80 valence electrons. The molecule has 0 atom stereocenters. The first-order valence-corrected chi connectivity index (χ1v) is 4.63. The van der Waals surface area contributed by atoms with Crippen LogP contribution in [0.3, 0.4) is 0 Å². The third-order valence-corrected chi connectivity index (χ3v) is 1.82. The number of hydrogen-bond acceptors (Lipinski definition) is 3. The van der Waals surface area contributed by atoms with Gasteiger partial charge in [0, 0.05) is 11.6 Å². The van der Waals surface area contributed by atoms with Gasteiger partial charge >= 0.3 is 11.9 Å². The topological polar surface area (TPSA) is 63.6 Å². The first kappa shape index (κ1) is 12.7. The van der Waals surface area contributed by atoms with Crippen LogP contribution in [0.2, 0.25) is 0 Å². The predicted octanol–water partition coefficient (Wildman–Crippen LogP) is 1.75. The summed E-state index contributed by atoms with van der Waals surface area (Å²) in [7, 11) is 1.23. The highest BCUT2D eigenvalue weighted by molar-refractivity contribution is 5.95. The summed E-state index contributed by atoms with van der Waals surface area (Å²) in [5.74, 6) is -1.66. The molecule has 0 aliphatic rings. The van der Waals surface area contributed by atoms with E-state index in [-0.39, 0.29) is 5.57 Å². The van der Waals surface area contributed by atoms with E-state index in [2.05, 4.69) is 4.74 Å². The van der Waals surface area contributed by atoms with Crippen LogP contribution in [0.1, 0.15) is 32.6 Å². The van der Waals surface area contributed by atoms with Crippen LogP contribution >= 0.6 is 0 Å². The molecule has 0 aromatic carbocycles. The fraction of sp³-hybridized carbons (Fsp3) is 0.600. The van der Waals surface area contributed by atoms with Crippen LogP contribution < -0.4 is 0 Å². The standard InChI is InChI=1S/C10H16O4/c1-3-4-5-6-8(10(12)13)7-9(11)14-2/h7H,3-6H2,1-2H3,(H,12,13)/b8-7-. The lowest BCUT2D eigenvalue weighted by molar-refractivity contribution is -0.137. The molecule has 0 unspecified atom stereocenters. The zero-order valence-electron chi connectivity index (χ0n) is 8.58. The van der Waals surface area contributed by atoms with Crippen molar-refractivity contribution in [3.8, 4) is 0 Å². The molecule has 0 bridgehead atoms. The lowest BCUT2D eigenvalue weighted by Gasteiger charge is -2.00. The Morgan fingerprint density at radius 2 is 2.00 bits per heavy atom. The van der Waals surface area contributed by atoms with Gasteiger partial charge in [-0.1, -0.05) is 19.8 Å². The van der Waals surface area contributed by atoms with Crippen molar-refractivity contribution >= 4 is 11.9 Å². The van der Waals surface area contributed by atoms with Gasteiger partial charge in [-0.3, -0.25) is 0 Å². The second kappa shape index (κ2) is 7.12. The Kier molecular flexibility index (Phi) is 6.45. The highest BCUT2D eigenvalue weighted by atomic mass is 16.5. The number of carbonyl (C=O) groups excluding carboxylic acids is 1. The average molecular weight is 200 g/mol. The van der Waals surface area contributed by atoms with Gasteiger partial charge in [-0.25, -0.2) is 9.59 Å². The normalized spacial score (nSPS) is 11.1. The summed E-state index contributed by atoms with van der Waals surface area (Å²) in [6.07, 6.45) is 4.22. The lowest BCUT2D eigenvalue weighted by Crippen LogP contribution is -2.05. The Hall–Kier alpha value is -1.32. The number of unbranched alkanes of at least 4 members (excludes halogenated alkanes) is 2. The fourth-order valence-corrected chi connectivity index (χ4v) is 1.01. The molecule has 0 aromatic heterocycles. The van der Waals surface area contributed by atoms with Crippen molar-refractivity contribution in [1.29, 1.82) is 0 Å². The van der Waals surface area contributed by atoms with E-state index >= 15 is 0 Å². The summed E-state index contributed by atoms with van der Waals surface area (Å²) in [6.45, 7) is 2.03. The third-order valence-electron chi connectivity index (χ3n) is 1.82. The van der Waals surface area contributed by atoms with E-state index in [1.807, 2.05) is 6.92 Å². The quantitative estimate of drug-likeness (QED) is 0.403. The molecule has 0 spiro atoms. The van der Waals surface area contributed by atoms with Gasteiger partial charge in [-0.15, -0.1) is 0 Å². The van der Waals surface area contributed by atoms with Crippen LogP contribution in [0, 0.1) is 0 Å². The zero-order valence-corrected chi connectivity index (χ0v) is 8.58. The van der Waals surface area contributed by atoms with Crippen molar-refractivity contribution in [3.63, 3.8) is 0 Å². The van der Waals surface area contributed by atoms with E-state index in [0.29, 0.717) is 6.42 Å². The predicted molar refractivity (Wildman–Crippen MR) is 51.9 cm³/mol. The van der Waals surface area contributed by atoms with Gasteiger partial charge in [-0.2, -0.15) is 0 Å². The minimum absolute atomic E-state index is 0.116. The largest absolute Gasteiger partial charge is 0.478 e. The summed E-state index contributed by atoms with van der Waals surface area (Å²) in [6, 6.07) is 0. The number of carbonyl (C=O) groups is 2. The minimum Gasteiger partial charge on any atom is -0.478 e. The van der Waals surface area contributed by atoms with Gasteiger partial charge in [0.15, 0.2) is 0 Å². The number of carboxylic acids is 1. The molecule has 0 radical (unpaired) electrons. The van der Waals surface area contributed by atoms with Gasteiger partial charge in [0.1, 0.15) is 0 Å². The van der Waals surface area contributed by atoms with Crippen molar-refractivity contribution in [2.75, 3.05) is 7.11 Å². The number of ether oxygens (including phenoxy) is 1. The van der Waals surface area contributed by atoms with Crippen LogP contribution in [0.5, 0.6) is 0 Å². The Bertz CT molecular complexity index is 230. The number of hydrogen-bond donors (Lipinski definition) is 1. The van der Waals surface area contributed by atoms with Gasteiger partial charge < -0.3 is 9.84 Å². The Morgan fingerprint density at radius 3 is 2.43 bits per heavy atom. The smallest absolute Gasteiger partial charge is 0.331 e. The molecule has 4 heteroatoms. The van der Waals surface area contributed by atoms with Gasteiger partial charge in [-0.05, 0) is 12.8 Å². The lowest BCUT2D eigenvalue weighted by atomic mass is 10.1. The van der Waals surface area contributed by atoms with Crippen molar-refractivity contribution < 1.29 is 19.4 Å². The molecule has 1 N–H and O–H groups in total. The molecular formula is C10H16O4. The van der Waals surface area contributed by atoms with Crippen LogP contribution in [0.15, 0.2) is 11.6 Å². The van der Waals surface area contributed by atoms with E-state index < -0.39 is 11.9 Å². The highest BCUT2D eigenvalue weighted by Gasteiger charge is 2.09. The van der Waals surface area contributed by atoms with E-state index in [9.17, 15) is 9.59 Å². The summed E-state index contributed by atoms with van der Waals surface area (Å²) in [4.78, 5) is 21.5. The third kappa shape index (κ3) is 5.35. The van der Waals surface area contributed by atoms with Gasteiger partial charge in [0.25, 0.3) is 0 Å². The molecule has 0 heterocycles. The van der Waals surface area contributed by atoms with Crippen molar-refractivity contribution in [2.24, 2.45) is 0 Å². The van der Waals surface area contributed by atoms with Gasteiger partial charge in [0.2, 0.25) is 0 Å². The van der Waals surface area contributed by atoms with Gasteiger partial charge in [0.05, 0.1) is 7.11 Å². The molecule has 0 aromatic rings. The maximum atomic E-state index is 10.8. The maximum absolute atomic E-state index is 10.8. The number of carboxylic acid groups (broad SMARTS) is 1. The zero-order chi connectivity index (χ0) is 11.0. The van der Waals surface area contributed by atoms with E-state index in [1.54, 1.807) is 0 Å². The molecule has 0 aliphatic heterocycles. The van der Waals surface area contributed by atoms with Crippen molar-refractivity contribution in [2.45, 2.75) is 32.6 Å². The first-order chi connectivity index (χ1) is 6.61. The Labute approximate surface area is 83.6 Å². The summed E-state index contributed by atoms with van der Waals surface area (Å²) in [5.41, 5.74) is 0.116. The molecule has 0 saturated carbocycles. The van der Waals surface area contributed by atoms with Crippen LogP contribution in [0.4, 0.5) is 0 Å². The highest BCUT2D eigenvalue weighted by Crippen LogP contribution is 2.09. The first-order valence-electron chi connectivity index (χ1n) is 4.63. The van der Waals surface area contributed by atoms with E-state index in [1.165, 1.54) is 7.11 Å². The number of rotatable bonds is 6. The summed E-state index contributed by atoms with van der Waals surface area (Å²) >= 11 is 0. The molecule has 0 rings (SSSR count). The molecule has 4 nitrogen and oxygen atoms in total. The van der Waals surface area contributed by atoms with Crippen molar-refractivity contribution in [1.82, 2.24) is 0 Å². The minimum atomic E-state index is -1.05. The molecule has 14 heavy (non-hydrogen) atoms. The Morgan fingerprint density at radius 1 is 1.36 bits per heavy atom. The second-order valence-electron chi connectivity index (χ2n) is 2.95. The average Bonchev–Trinajstić information content (AvgIpc) is 2.16. The fourth-order valence-electron chi connectivity index (χ4n) is 1.01. The summed E-state index contributed by atoms with van der Waals surface area (Å²) in [5, 5.41) is 8.74. The molecule has 0 saturated heterocycles. The van der Waals surface area contributed by atoms with E-state index in [4.69, 9.17) is 5.11 Å². The van der Waals surface area contributed by atoms with Crippen LogP contribution in [0.25, 0.3) is 0 Å². The molecule has 0 aliphatic carbocycles. The second-order valence-corrected chi connectivity index (χ2v) is 2.95. The van der Waals surface area contributed by atoms with Crippen LogP contribution in [-0.2, 0) is 14.3 Å².